The number of hydrogen-bond acceptors (Lipinski definition) is 2. The zero-order valence-corrected chi connectivity index (χ0v) is 5.71. The van der Waals surface area contributed by atoms with Gasteiger partial charge in [0.15, 0.2) is 5.78 Å². The van der Waals surface area contributed by atoms with E-state index in [9.17, 15) is 4.79 Å². The molecule has 52 valence electrons. The first-order valence-corrected chi connectivity index (χ1v) is 3.19. The van der Waals surface area contributed by atoms with E-state index in [2.05, 4.69) is 11.6 Å². The van der Waals surface area contributed by atoms with Crippen molar-refractivity contribution >= 4 is 12.0 Å². The number of ketones is 1. The van der Waals surface area contributed by atoms with Crippen LogP contribution in [0, 0.1) is 0 Å². The third-order valence-corrected chi connectivity index (χ3v) is 1.33. The Morgan fingerprint density at radius 1 is 1.80 bits per heavy atom. The molecule has 0 aromatic carbocycles. The third-order valence-electron chi connectivity index (χ3n) is 1.33. The van der Waals surface area contributed by atoms with Crippen LogP contribution in [0.3, 0.4) is 0 Å². The first-order chi connectivity index (χ1) is 4.84. The van der Waals surface area contributed by atoms with Crippen molar-refractivity contribution in [2.75, 3.05) is 0 Å². The molecule has 0 aliphatic carbocycles. The summed E-state index contributed by atoms with van der Waals surface area (Å²) in [5.74, 6) is 0.162. The highest BCUT2D eigenvalue weighted by molar-refractivity contribution is 6.04. The standard InChI is InChI=1S/C8H9NO/c1-2-3-7-6-9-5-4-8(7)10/h2,5-6H,1,3-4H2. The lowest BCUT2D eigenvalue weighted by Gasteiger charge is -2.02. The van der Waals surface area contributed by atoms with Gasteiger partial charge in [-0.2, -0.15) is 0 Å². The molecule has 0 amide bonds. The Kier molecular flexibility index (Phi) is 2.15. The van der Waals surface area contributed by atoms with Crippen molar-refractivity contribution in [1.29, 1.82) is 0 Å². The summed E-state index contributed by atoms with van der Waals surface area (Å²) in [6.07, 6.45) is 6.02. The number of carbonyl (C=O) groups excluding carboxylic acids is 1. The van der Waals surface area contributed by atoms with Crippen LogP contribution in [0.2, 0.25) is 0 Å². The van der Waals surface area contributed by atoms with Crippen molar-refractivity contribution in [3.8, 4) is 0 Å². The van der Waals surface area contributed by atoms with E-state index >= 15 is 0 Å². The van der Waals surface area contributed by atoms with E-state index in [0.717, 1.165) is 5.57 Å². The largest absolute Gasteiger partial charge is 0.294 e. The van der Waals surface area contributed by atoms with Crippen LogP contribution < -0.4 is 0 Å². The van der Waals surface area contributed by atoms with Crippen LogP contribution in [0.5, 0.6) is 0 Å². The molecule has 0 aromatic rings. The monoisotopic (exact) mass is 135 g/mol. The molecule has 1 rings (SSSR count). The van der Waals surface area contributed by atoms with E-state index in [4.69, 9.17) is 0 Å². The average Bonchev–Trinajstić information content (AvgIpc) is 1.94. The van der Waals surface area contributed by atoms with Crippen LogP contribution in [0.1, 0.15) is 12.8 Å². The van der Waals surface area contributed by atoms with Crippen LogP contribution in [0.15, 0.2) is 29.4 Å². The van der Waals surface area contributed by atoms with Crippen molar-refractivity contribution in [3.05, 3.63) is 24.4 Å². The molecule has 0 spiro atoms. The van der Waals surface area contributed by atoms with Crippen LogP contribution >= 0.6 is 0 Å². The molecule has 0 saturated heterocycles. The minimum atomic E-state index is 0.162. The molecule has 10 heavy (non-hydrogen) atoms. The van der Waals surface area contributed by atoms with Gasteiger partial charge in [-0.25, -0.2) is 0 Å². The van der Waals surface area contributed by atoms with Crippen LogP contribution in [0.25, 0.3) is 0 Å². The van der Waals surface area contributed by atoms with Crippen molar-refractivity contribution in [2.24, 2.45) is 4.99 Å². The first-order valence-electron chi connectivity index (χ1n) is 3.19. The summed E-state index contributed by atoms with van der Waals surface area (Å²) < 4.78 is 0. The molecule has 2 heteroatoms. The van der Waals surface area contributed by atoms with Gasteiger partial charge in [-0.05, 0) is 6.42 Å². The number of carbonyl (C=O) groups is 1. The molecule has 0 N–H and O–H groups in total. The Hall–Kier alpha value is -1.18. The molecule has 0 aromatic heterocycles. The molecule has 0 radical (unpaired) electrons. The predicted molar refractivity (Wildman–Crippen MR) is 41.0 cm³/mol. The second-order valence-corrected chi connectivity index (χ2v) is 2.11. The van der Waals surface area contributed by atoms with E-state index < -0.39 is 0 Å². The maximum Gasteiger partial charge on any atom is 0.166 e. The van der Waals surface area contributed by atoms with Crippen molar-refractivity contribution in [2.45, 2.75) is 12.8 Å². The minimum Gasteiger partial charge on any atom is -0.294 e. The van der Waals surface area contributed by atoms with Gasteiger partial charge in [0.05, 0.1) is 0 Å². The van der Waals surface area contributed by atoms with Gasteiger partial charge in [0.25, 0.3) is 0 Å². The molecule has 0 saturated carbocycles. The van der Waals surface area contributed by atoms with Crippen molar-refractivity contribution in [3.63, 3.8) is 0 Å². The highest BCUT2D eigenvalue weighted by Crippen LogP contribution is 2.08. The highest BCUT2D eigenvalue weighted by Gasteiger charge is 2.08. The van der Waals surface area contributed by atoms with E-state index in [1.165, 1.54) is 0 Å². The fourth-order valence-electron chi connectivity index (χ4n) is 0.803. The predicted octanol–water partition coefficient (Wildman–Crippen LogP) is 1.49. The molecule has 2 nitrogen and oxygen atoms in total. The van der Waals surface area contributed by atoms with E-state index in [-0.39, 0.29) is 5.78 Å². The molecule has 0 atom stereocenters. The summed E-state index contributed by atoms with van der Waals surface area (Å²) in [6, 6.07) is 0. The van der Waals surface area contributed by atoms with Gasteiger partial charge in [-0.1, -0.05) is 6.08 Å². The SMILES string of the molecule is C=CCC1=CN=CCC1=O. The molecular formula is C8H9NO. The summed E-state index contributed by atoms with van der Waals surface area (Å²) in [5.41, 5.74) is 0.762. The molecule has 1 aliphatic heterocycles. The Bertz CT molecular complexity index is 213. The lowest BCUT2D eigenvalue weighted by atomic mass is 10.1. The van der Waals surface area contributed by atoms with Crippen LogP contribution in [-0.2, 0) is 4.79 Å². The highest BCUT2D eigenvalue weighted by atomic mass is 16.1. The first kappa shape index (κ1) is 6.93. The number of nitrogens with zero attached hydrogens (tertiary/aromatic N) is 1. The third kappa shape index (κ3) is 1.41. The van der Waals surface area contributed by atoms with Crippen molar-refractivity contribution in [1.82, 2.24) is 0 Å². The Morgan fingerprint density at radius 2 is 2.60 bits per heavy atom. The fourth-order valence-corrected chi connectivity index (χ4v) is 0.803. The van der Waals surface area contributed by atoms with Crippen LogP contribution in [0.4, 0.5) is 0 Å². The molecule has 0 unspecified atom stereocenters. The molecule has 0 bridgehead atoms. The van der Waals surface area contributed by atoms with Gasteiger partial charge in [0.2, 0.25) is 0 Å². The molecule has 1 aliphatic rings. The second-order valence-electron chi connectivity index (χ2n) is 2.11. The van der Waals surface area contributed by atoms with Crippen molar-refractivity contribution < 1.29 is 4.79 Å². The zero-order chi connectivity index (χ0) is 7.40. The summed E-state index contributed by atoms with van der Waals surface area (Å²) in [7, 11) is 0. The summed E-state index contributed by atoms with van der Waals surface area (Å²) in [6.45, 7) is 3.54. The van der Waals surface area contributed by atoms with Gasteiger partial charge in [-0.15, -0.1) is 6.58 Å². The maximum absolute atomic E-state index is 11.0. The van der Waals surface area contributed by atoms with Gasteiger partial charge in [0, 0.05) is 24.4 Å². The van der Waals surface area contributed by atoms with E-state index in [1.54, 1.807) is 18.5 Å². The molecule has 0 fully saturated rings. The average molecular weight is 135 g/mol. The maximum atomic E-state index is 11.0. The smallest absolute Gasteiger partial charge is 0.166 e. The van der Waals surface area contributed by atoms with E-state index in [0.29, 0.717) is 12.8 Å². The summed E-state index contributed by atoms with van der Waals surface area (Å²) in [4.78, 5) is 14.8. The zero-order valence-electron chi connectivity index (χ0n) is 5.71. The Balaban J connectivity index is 2.70. The fraction of sp³-hybridized carbons (Fsp3) is 0.250. The Morgan fingerprint density at radius 3 is 3.20 bits per heavy atom. The minimum absolute atomic E-state index is 0.162. The second kappa shape index (κ2) is 3.11. The molecular weight excluding hydrogens is 126 g/mol. The summed E-state index contributed by atoms with van der Waals surface area (Å²) in [5, 5.41) is 0. The number of rotatable bonds is 2. The van der Waals surface area contributed by atoms with Crippen LogP contribution in [-0.4, -0.2) is 12.0 Å². The van der Waals surface area contributed by atoms with Gasteiger partial charge >= 0.3 is 0 Å². The number of hydrogen-bond donors (Lipinski definition) is 0. The van der Waals surface area contributed by atoms with Gasteiger partial charge in [0.1, 0.15) is 0 Å². The lowest BCUT2D eigenvalue weighted by molar-refractivity contribution is -0.114. The number of allylic oxidation sites excluding steroid dienone is 2. The number of Topliss-reactive ketones (excluding diaryl/α,β-unsaturated/α-hetero) is 1. The van der Waals surface area contributed by atoms with E-state index in [1.807, 2.05) is 0 Å². The number of aliphatic imine (C=N–C) groups is 1. The Labute approximate surface area is 60.0 Å². The van der Waals surface area contributed by atoms with Gasteiger partial charge in [-0.3, -0.25) is 9.79 Å². The lowest BCUT2D eigenvalue weighted by Crippen LogP contribution is -2.05. The molecule has 1 heterocycles. The van der Waals surface area contributed by atoms with Gasteiger partial charge < -0.3 is 0 Å². The summed E-state index contributed by atoms with van der Waals surface area (Å²) >= 11 is 0. The topological polar surface area (TPSA) is 29.4 Å². The normalized spacial score (nSPS) is 16.8. The quantitative estimate of drug-likeness (QED) is 0.527.